The van der Waals surface area contributed by atoms with E-state index in [2.05, 4.69) is 23.6 Å². The number of hydrogen-bond donors (Lipinski definition) is 2. The molecule has 0 aliphatic heterocycles. The van der Waals surface area contributed by atoms with Gasteiger partial charge in [-0.05, 0) is 25.6 Å². The fraction of sp³-hybridized carbons (Fsp3) is 0.500. The number of nitrogens with one attached hydrogen (secondary N) is 2. The Morgan fingerprint density at radius 2 is 2.29 bits per heavy atom. The van der Waals surface area contributed by atoms with Crippen LogP contribution in [0.15, 0.2) is 12.1 Å². The van der Waals surface area contributed by atoms with E-state index in [0.29, 0.717) is 13.1 Å². The molecule has 0 fully saturated rings. The molecule has 0 saturated heterocycles. The first-order chi connectivity index (χ1) is 6.72. The van der Waals surface area contributed by atoms with E-state index < -0.39 is 0 Å². The summed E-state index contributed by atoms with van der Waals surface area (Å²) >= 11 is 1.72. The van der Waals surface area contributed by atoms with Crippen LogP contribution in [0.2, 0.25) is 0 Å². The second-order valence-electron chi connectivity index (χ2n) is 3.07. The van der Waals surface area contributed by atoms with E-state index in [9.17, 15) is 4.79 Å². The lowest BCUT2D eigenvalue weighted by molar-refractivity contribution is -0.120. The minimum Gasteiger partial charge on any atom is -0.350 e. The first-order valence-electron chi connectivity index (χ1n) is 4.75. The van der Waals surface area contributed by atoms with Gasteiger partial charge in [0.1, 0.15) is 0 Å². The zero-order valence-electron chi connectivity index (χ0n) is 8.59. The van der Waals surface area contributed by atoms with Crippen LogP contribution in [0.5, 0.6) is 0 Å². The summed E-state index contributed by atoms with van der Waals surface area (Å²) in [6.45, 7) is 5.92. The standard InChI is InChI=1S/C10H16N2OS/c1-3-11-7-10(13)12-6-9-5-4-8(2)14-9/h4-5,11H,3,6-7H2,1-2H3,(H,12,13). The van der Waals surface area contributed by atoms with Crippen molar-refractivity contribution in [3.8, 4) is 0 Å². The quantitative estimate of drug-likeness (QED) is 0.772. The molecule has 78 valence electrons. The van der Waals surface area contributed by atoms with Crippen LogP contribution < -0.4 is 10.6 Å². The molecular formula is C10H16N2OS. The molecule has 1 rings (SSSR count). The number of thiophene rings is 1. The molecular weight excluding hydrogens is 196 g/mol. The monoisotopic (exact) mass is 212 g/mol. The lowest BCUT2D eigenvalue weighted by Gasteiger charge is -2.03. The molecule has 0 atom stereocenters. The van der Waals surface area contributed by atoms with Gasteiger partial charge in [0.15, 0.2) is 0 Å². The number of carbonyl (C=O) groups excluding carboxylic acids is 1. The first kappa shape index (κ1) is 11.2. The van der Waals surface area contributed by atoms with Crippen molar-refractivity contribution in [3.05, 3.63) is 21.9 Å². The van der Waals surface area contributed by atoms with Crippen molar-refractivity contribution in [2.45, 2.75) is 20.4 Å². The Bertz CT molecular complexity index is 296. The second-order valence-corrected chi connectivity index (χ2v) is 4.44. The number of likely N-dealkylation sites (N-methyl/N-ethyl adjacent to an activating group) is 1. The SMILES string of the molecule is CCNCC(=O)NCc1ccc(C)s1. The predicted octanol–water partition coefficient (Wildman–Crippen LogP) is 1.28. The minimum atomic E-state index is 0.0536. The molecule has 0 saturated carbocycles. The predicted molar refractivity (Wildman–Crippen MR) is 59.4 cm³/mol. The van der Waals surface area contributed by atoms with Gasteiger partial charge in [0.25, 0.3) is 0 Å². The first-order valence-corrected chi connectivity index (χ1v) is 5.56. The molecule has 14 heavy (non-hydrogen) atoms. The van der Waals surface area contributed by atoms with Crippen molar-refractivity contribution in [1.82, 2.24) is 10.6 Å². The van der Waals surface area contributed by atoms with Crippen LogP contribution in [0, 0.1) is 6.92 Å². The Kier molecular flexibility index (Phi) is 4.62. The van der Waals surface area contributed by atoms with Crippen molar-refractivity contribution < 1.29 is 4.79 Å². The number of rotatable bonds is 5. The van der Waals surface area contributed by atoms with Crippen LogP contribution in [-0.4, -0.2) is 19.0 Å². The maximum atomic E-state index is 11.2. The highest BCUT2D eigenvalue weighted by Gasteiger charge is 2.00. The number of carbonyl (C=O) groups is 1. The molecule has 0 aromatic carbocycles. The van der Waals surface area contributed by atoms with E-state index in [1.165, 1.54) is 9.75 Å². The summed E-state index contributed by atoms with van der Waals surface area (Å²) in [5, 5.41) is 5.84. The number of aryl methyl sites for hydroxylation is 1. The van der Waals surface area contributed by atoms with Crippen LogP contribution in [0.3, 0.4) is 0 Å². The van der Waals surface area contributed by atoms with Gasteiger partial charge in [0.05, 0.1) is 13.1 Å². The third-order valence-electron chi connectivity index (χ3n) is 1.79. The summed E-state index contributed by atoms with van der Waals surface area (Å²) in [5.74, 6) is 0.0536. The Labute approximate surface area is 88.5 Å². The normalized spacial score (nSPS) is 10.1. The summed E-state index contributed by atoms with van der Waals surface area (Å²) in [4.78, 5) is 13.7. The molecule has 0 aliphatic carbocycles. The Morgan fingerprint density at radius 3 is 2.86 bits per heavy atom. The van der Waals surface area contributed by atoms with Gasteiger partial charge in [0, 0.05) is 9.75 Å². The second kappa shape index (κ2) is 5.78. The Balaban J connectivity index is 2.23. The highest BCUT2D eigenvalue weighted by atomic mass is 32.1. The maximum Gasteiger partial charge on any atom is 0.234 e. The van der Waals surface area contributed by atoms with Gasteiger partial charge in [-0.15, -0.1) is 11.3 Å². The summed E-state index contributed by atoms with van der Waals surface area (Å²) in [6.07, 6.45) is 0. The van der Waals surface area contributed by atoms with Crippen LogP contribution in [0.1, 0.15) is 16.7 Å². The van der Waals surface area contributed by atoms with Gasteiger partial charge in [0.2, 0.25) is 5.91 Å². The number of amides is 1. The van der Waals surface area contributed by atoms with Crippen LogP contribution in [-0.2, 0) is 11.3 Å². The molecule has 1 aromatic heterocycles. The molecule has 3 nitrogen and oxygen atoms in total. The van der Waals surface area contributed by atoms with Crippen molar-refractivity contribution in [2.75, 3.05) is 13.1 Å². The molecule has 1 amide bonds. The van der Waals surface area contributed by atoms with Gasteiger partial charge in [-0.25, -0.2) is 0 Å². The van der Waals surface area contributed by atoms with E-state index >= 15 is 0 Å². The minimum absolute atomic E-state index is 0.0536. The molecule has 2 N–H and O–H groups in total. The van der Waals surface area contributed by atoms with Crippen molar-refractivity contribution in [1.29, 1.82) is 0 Å². The van der Waals surface area contributed by atoms with E-state index in [0.717, 1.165) is 6.54 Å². The lowest BCUT2D eigenvalue weighted by Crippen LogP contribution is -2.33. The molecule has 0 bridgehead atoms. The maximum absolute atomic E-state index is 11.2. The molecule has 0 aliphatic rings. The molecule has 0 radical (unpaired) electrons. The van der Waals surface area contributed by atoms with Crippen LogP contribution in [0.25, 0.3) is 0 Å². The van der Waals surface area contributed by atoms with Crippen molar-refractivity contribution in [2.24, 2.45) is 0 Å². The van der Waals surface area contributed by atoms with Gasteiger partial charge in [-0.2, -0.15) is 0 Å². The third kappa shape index (κ3) is 3.89. The Hall–Kier alpha value is -0.870. The fourth-order valence-corrected chi connectivity index (χ4v) is 1.90. The van der Waals surface area contributed by atoms with Crippen molar-refractivity contribution >= 4 is 17.2 Å². The summed E-state index contributed by atoms with van der Waals surface area (Å²) in [5.41, 5.74) is 0. The zero-order valence-corrected chi connectivity index (χ0v) is 9.41. The highest BCUT2D eigenvalue weighted by Crippen LogP contribution is 2.14. The fourth-order valence-electron chi connectivity index (χ4n) is 1.07. The smallest absolute Gasteiger partial charge is 0.234 e. The topological polar surface area (TPSA) is 41.1 Å². The summed E-state index contributed by atoms with van der Waals surface area (Å²) < 4.78 is 0. The van der Waals surface area contributed by atoms with Crippen LogP contribution in [0.4, 0.5) is 0 Å². The molecule has 4 heteroatoms. The van der Waals surface area contributed by atoms with Gasteiger partial charge in [-0.3, -0.25) is 4.79 Å². The van der Waals surface area contributed by atoms with E-state index in [-0.39, 0.29) is 5.91 Å². The number of hydrogen-bond acceptors (Lipinski definition) is 3. The van der Waals surface area contributed by atoms with Crippen LogP contribution >= 0.6 is 11.3 Å². The van der Waals surface area contributed by atoms with E-state index in [4.69, 9.17) is 0 Å². The van der Waals surface area contributed by atoms with Gasteiger partial charge in [-0.1, -0.05) is 6.92 Å². The highest BCUT2D eigenvalue weighted by molar-refractivity contribution is 7.11. The van der Waals surface area contributed by atoms with Crippen molar-refractivity contribution in [3.63, 3.8) is 0 Å². The summed E-state index contributed by atoms with van der Waals surface area (Å²) in [7, 11) is 0. The Morgan fingerprint density at radius 1 is 1.50 bits per heavy atom. The molecule has 1 aromatic rings. The summed E-state index contributed by atoms with van der Waals surface area (Å²) in [6, 6.07) is 4.12. The molecule has 1 heterocycles. The molecule has 0 spiro atoms. The van der Waals surface area contributed by atoms with Gasteiger partial charge < -0.3 is 10.6 Å². The average Bonchev–Trinajstić information content (AvgIpc) is 2.58. The molecule has 0 unspecified atom stereocenters. The zero-order chi connectivity index (χ0) is 10.4. The largest absolute Gasteiger partial charge is 0.350 e. The third-order valence-corrected chi connectivity index (χ3v) is 2.79. The van der Waals surface area contributed by atoms with E-state index in [1.54, 1.807) is 11.3 Å². The van der Waals surface area contributed by atoms with Gasteiger partial charge >= 0.3 is 0 Å². The van der Waals surface area contributed by atoms with E-state index in [1.807, 2.05) is 13.0 Å². The average molecular weight is 212 g/mol. The lowest BCUT2D eigenvalue weighted by atomic mass is 10.4.